The second-order valence-electron chi connectivity index (χ2n) is 4.90. The highest BCUT2D eigenvalue weighted by Gasteiger charge is 2.42. The third kappa shape index (κ3) is 3.66. The molecule has 2 rings (SSSR count). The van der Waals surface area contributed by atoms with Crippen molar-refractivity contribution in [1.29, 1.82) is 0 Å². The highest BCUT2D eigenvalue weighted by Crippen LogP contribution is 2.46. The summed E-state index contributed by atoms with van der Waals surface area (Å²) >= 11 is 1.74. The van der Waals surface area contributed by atoms with Gasteiger partial charge >= 0.3 is 12.0 Å². The van der Waals surface area contributed by atoms with Gasteiger partial charge < -0.3 is 15.7 Å². The standard InChI is InChI=1S/C14H18N2O3S/c1-20-14(7-8-14)9-15-13(19)16-11(12(17)18)10-5-3-2-4-6-10/h2-6,11H,7-9H2,1H3,(H,17,18)(H2,15,16,19)/t11-/m0/s1. The highest BCUT2D eigenvalue weighted by atomic mass is 32.2. The highest BCUT2D eigenvalue weighted by molar-refractivity contribution is 8.00. The molecule has 0 unspecified atom stereocenters. The fourth-order valence-corrected chi connectivity index (χ4v) is 2.68. The predicted octanol–water partition coefficient (Wildman–Crippen LogP) is 2.01. The minimum absolute atomic E-state index is 0.156. The summed E-state index contributed by atoms with van der Waals surface area (Å²) < 4.78 is 0.156. The van der Waals surface area contributed by atoms with Crippen LogP contribution in [0.2, 0.25) is 0 Å². The van der Waals surface area contributed by atoms with Crippen molar-refractivity contribution in [2.75, 3.05) is 12.8 Å². The third-order valence-corrected chi connectivity index (χ3v) is 4.89. The first-order valence-electron chi connectivity index (χ1n) is 6.44. The summed E-state index contributed by atoms with van der Waals surface area (Å²) in [6.07, 6.45) is 4.21. The minimum Gasteiger partial charge on any atom is -0.479 e. The third-order valence-electron chi connectivity index (χ3n) is 3.47. The van der Waals surface area contributed by atoms with Crippen LogP contribution in [0, 0.1) is 0 Å². The number of rotatable bonds is 6. The Bertz CT molecular complexity index is 488. The monoisotopic (exact) mass is 294 g/mol. The van der Waals surface area contributed by atoms with E-state index in [2.05, 4.69) is 10.6 Å². The Morgan fingerprint density at radius 3 is 2.50 bits per heavy atom. The minimum atomic E-state index is -1.07. The first-order valence-corrected chi connectivity index (χ1v) is 7.66. The van der Waals surface area contributed by atoms with Gasteiger partial charge in [-0.05, 0) is 24.7 Å². The number of hydrogen-bond donors (Lipinski definition) is 3. The summed E-state index contributed by atoms with van der Waals surface area (Å²) in [4.78, 5) is 23.1. The van der Waals surface area contributed by atoms with Crippen LogP contribution in [-0.4, -0.2) is 34.7 Å². The lowest BCUT2D eigenvalue weighted by Crippen LogP contribution is -2.43. The predicted molar refractivity (Wildman–Crippen MR) is 78.8 cm³/mol. The number of urea groups is 1. The van der Waals surface area contributed by atoms with E-state index in [9.17, 15) is 14.7 Å². The van der Waals surface area contributed by atoms with Gasteiger partial charge in [0.05, 0.1) is 0 Å². The van der Waals surface area contributed by atoms with E-state index in [1.54, 1.807) is 42.1 Å². The zero-order chi connectivity index (χ0) is 14.6. The van der Waals surface area contributed by atoms with E-state index in [1.165, 1.54) is 0 Å². The number of benzene rings is 1. The quantitative estimate of drug-likeness (QED) is 0.750. The molecule has 0 heterocycles. The second-order valence-corrected chi connectivity index (χ2v) is 6.17. The molecule has 0 aromatic heterocycles. The summed E-state index contributed by atoms with van der Waals surface area (Å²) in [6, 6.07) is 7.20. The molecule has 1 saturated carbocycles. The number of amides is 2. The van der Waals surface area contributed by atoms with Crippen molar-refractivity contribution in [3.63, 3.8) is 0 Å². The number of carbonyl (C=O) groups excluding carboxylic acids is 1. The van der Waals surface area contributed by atoms with Gasteiger partial charge in [-0.15, -0.1) is 0 Å². The lowest BCUT2D eigenvalue weighted by atomic mass is 10.1. The summed E-state index contributed by atoms with van der Waals surface area (Å²) in [5.74, 6) is -1.07. The molecule has 20 heavy (non-hydrogen) atoms. The van der Waals surface area contributed by atoms with Crippen molar-refractivity contribution in [3.8, 4) is 0 Å². The van der Waals surface area contributed by atoms with Gasteiger partial charge in [-0.3, -0.25) is 0 Å². The van der Waals surface area contributed by atoms with Gasteiger partial charge in [0.25, 0.3) is 0 Å². The maximum Gasteiger partial charge on any atom is 0.330 e. The number of nitrogens with one attached hydrogen (secondary N) is 2. The fourth-order valence-electron chi connectivity index (χ4n) is 1.95. The van der Waals surface area contributed by atoms with Crippen LogP contribution in [0.5, 0.6) is 0 Å². The Morgan fingerprint density at radius 1 is 1.35 bits per heavy atom. The van der Waals surface area contributed by atoms with E-state index in [0.717, 1.165) is 12.8 Å². The summed E-state index contributed by atoms with van der Waals surface area (Å²) in [6.45, 7) is 0.571. The Labute approximate surface area is 122 Å². The van der Waals surface area contributed by atoms with Gasteiger partial charge in [-0.1, -0.05) is 30.3 Å². The number of hydrogen-bond acceptors (Lipinski definition) is 3. The molecule has 6 heteroatoms. The van der Waals surface area contributed by atoms with Gasteiger partial charge in [0.1, 0.15) is 0 Å². The van der Waals surface area contributed by atoms with Gasteiger partial charge in [-0.2, -0.15) is 11.8 Å². The maximum absolute atomic E-state index is 11.8. The summed E-state index contributed by atoms with van der Waals surface area (Å²) in [7, 11) is 0. The smallest absolute Gasteiger partial charge is 0.330 e. The maximum atomic E-state index is 11.8. The van der Waals surface area contributed by atoms with Gasteiger partial charge in [-0.25, -0.2) is 9.59 Å². The molecule has 1 fully saturated rings. The summed E-state index contributed by atoms with van der Waals surface area (Å²) in [5, 5.41) is 14.5. The molecule has 0 bridgehead atoms. The van der Waals surface area contributed by atoms with E-state index in [0.29, 0.717) is 12.1 Å². The molecule has 1 atom stereocenters. The molecule has 0 radical (unpaired) electrons. The van der Waals surface area contributed by atoms with Crippen LogP contribution in [0.25, 0.3) is 0 Å². The molecule has 0 saturated heterocycles. The number of carboxylic acids is 1. The Kier molecular flexibility index (Phi) is 4.54. The van der Waals surface area contributed by atoms with Crippen LogP contribution in [-0.2, 0) is 4.79 Å². The Balaban J connectivity index is 1.92. The SMILES string of the molecule is CSC1(CNC(=O)N[C@H](C(=O)O)c2ccccc2)CC1. The molecule has 1 aromatic carbocycles. The second kappa shape index (κ2) is 6.17. The van der Waals surface area contributed by atoms with Gasteiger partial charge in [0.15, 0.2) is 6.04 Å². The summed E-state index contributed by atoms with van der Waals surface area (Å²) in [5.41, 5.74) is 0.557. The lowest BCUT2D eigenvalue weighted by Gasteiger charge is -2.17. The molecule has 0 aliphatic heterocycles. The van der Waals surface area contributed by atoms with Crippen LogP contribution in [0.1, 0.15) is 24.4 Å². The van der Waals surface area contributed by atoms with Crippen molar-refractivity contribution in [2.24, 2.45) is 0 Å². The van der Waals surface area contributed by atoms with E-state index in [4.69, 9.17) is 0 Å². The number of aliphatic carboxylic acids is 1. The molecule has 3 N–H and O–H groups in total. The van der Waals surface area contributed by atoms with Crippen molar-refractivity contribution in [3.05, 3.63) is 35.9 Å². The number of thioether (sulfide) groups is 1. The molecule has 108 valence electrons. The average molecular weight is 294 g/mol. The van der Waals surface area contributed by atoms with Crippen LogP contribution in [0.15, 0.2) is 30.3 Å². The van der Waals surface area contributed by atoms with E-state index >= 15 is 0 Å². The van der Waals surface area contributed by atoms with Gasteiger partial charge in [0, 0.05) is 11.3 Å². The number of carbonyl (C=O) groups is 2. The molecule has 2 amide bonds. The average Bonchev–Trinajstić information content (AvgIpc) is 3.24. The molecule has 0 spiro atoms. The largest absolute Gasteiger partial charge is 0.479 e. The number of carboxylic acid groups (broad SMARTS) is 1. The Morgan fingerprint density at radius 2 is 2.00 bits per heavy atom. The first kappa shape index (κ1) is 14.7. The van der Waals surface area contributed by atoms with Crippen molar-refractivity contribution in [2.45, 2.75) is 23.6 Å². The van der Waals surface area contributed by atoms with E-state index in [1.807, 2.05) is 6.26 Å². The van der Waals surface area contributed by atoms with E-state index < -0.39 is 18.0 Å². The zero-order valence-electron chi connectivity index (χ0n) is 11.3. The molecule has 1 aromatic rings. The fraction of sp³-hybridized carbons (Fsp3) is 0.429. The molecule has 5 nitrogen and oxygen atoms in total. The van der Waals surface area contributed by atoms with Crippen LogP contribution in [0.4, 0.5) is 4.79 Å². The topological polar surface area (TPSA) is 78.4 Å². The first-order chi connectivity index (χ1) is 9.56. The molecule has 1 aliphatic carbocycles. The van der Waals surface area contributed by atoms with Crippen molar-refractivity contribution in [1.82, 2.24) is 10.6 Å². The molecule has 1 aliphatic rings. The van der Waals surface area contributed by atoms with Crippen LogP contribution < -0.4 is 10.6 Å². The van der Waals surface area contributed by atoms with Crippen molar-refractivity contribution < 1.29 is 14.7 Å². The van der Waals surface area contributed by atoms with Crippen LogP contribution in [0.3, 0.4) is 0 Å². The zero-order valence-corrected chi connectivity index (χ0v) is 12.1. The molecular formula is C14H18N2O3S. The molecular weight excluding hydrogens is 276 g/mol. The Hall–Kier alpha value is -1.69. The normalized spacial score (nSPS) is 17.1. The van der Waals surface area contributed by atoms with E-state index in [-0.39, 0.29) is 4.75 Å². The lowest BCUT2D eigenvalue weighted by molar-refractivity contribution is -0.139. The van der Waals surface area contributed by atoms with Crippen molar-refractivity contribution >= 4 is 23.8 Å². The van der Waals surface area contributed by atoms with Crippen LogP contribution >= 0.6 is 11.8 Å². The van der Waals surface area contributed by atoms with Gasteiger partial charge in [0.2, 0.25) is 0 Å².